The lowest BCUT2D eigenvalue weighted by atomic mass is 10.0. The second-order valence-corrected chi connectivity index (χ2v) is 6.45. The van der Waals surface area contributed by atoms with E-state index in [2.05, 4.69) is 48.4 Å². The monoisotopic (exact) mass is 297 g/mol. The van der Waals surface area contributed by atoms with Crippen LogP contribution in [0.3, 0.4) is 0 Å². The first-order valence-electron chi connectivity index (χ1n) is 7.12. The summed E-state index contributed by atoms with van der Waals surface area (Å²) in [4.78, 5) is 9.34. The zero-order chi connectivity index (χ0) is 14.8. The summed E-state index contributed by atoms with van der Waals surface area (Å²) >= 11 is 1.77. The van der Waals surface area contributed by atoms with E-state index in [-0.39, 0.29) is 6.04 Å². The summed E-state index contributed by atoms with van der Waals surface area (Å²) < 4.78 is 1.25. The first-order valence-corrected chi connectivity index (χ1v) is 7.94. The second-order valence-electron chi connectivity index (χ2n) is 5.34. The predicted octanol–water partition coefficient (Wildman–Crippen LogP) is 3.81. The molecule has 0 aliphatic heterocycles. The normalized spacial score (nSPS) is 12.7. The summed E-state index contributed by atoms with van der Waals surface area (Å²) in [5.74, 6) is 0. The Kier molecular flexibility index (Phi) is 3.99. The van der Waals surface area contributed by atoms with E-state index in [4.69, 9.17) is 4.98 Å². The molecule has 1 unspecified atom stereocenters. The topological polar surface area (TPSA) is 37.8 Å². The van der Waals surface area contributed by atoms with Crippen LogP contribution in [0.4, 0.5) is 0 Å². The Bertz CT molecular complexity index is 731. The fourth-order valence-corrected chi connectivity index (χ4v) is 3.62. The van der Waals surface area contributed by atoms with Crippen LogP contribution in [-0.2, 0) is 6.42 Å². The third-order valence-corrected chi connectivity index (χ3v) is 4.71. The zero-order valence-electron chi connectivity index (χ0n) is 12.6. The molecular weight excluding hydrogens is 278 g/mol. The van der Waals surface area contributed by atoms with Crippen LogP contribution in [0.25, 0.3) is 10.2 Å². The van der Waals surface area contributed by atoms with E-state index < -0.39 is 0 Å². The number of fused-ring (bicyclic) bond motifs is 1. The minimum absolute atomic E-state index is 0.200. The van der Waals surface area contributed by atoms with Crippen molar-refractivity contribution in [3.05, 3.63) is 58.4 Å². The van der Waals surface area contributed by atoms with Gasteiger partial charge < -0.3 is 5.32 Å². The van der Waals surface area contributed by atoms with Gasteiger partial charge in [0.25, 0.3) is 0 Å². The van der Waals surface area contributed by atoms with Gasteiger partial charge in [-0.05, 0) is 44.2 Å². The quantitative estimate of drug-likeness (QED) is 0.795. The Balaban J connectivity index is 1.90. The number of aromatic nitrogens is 2. The Morgan fingerprint density at radius 3 is 2.76 bits per heavy atom. The van der Waals surface area contributed by atoms with Gasteiger partial charge in [0.1, 0.15) is 0 Å². The SMILES string of the molecule is CNC(Cc1nc2ccccc2s1)c1ncc(C)cc1C. The highest BCUT2D eigenvalue weighted by Gasteiger charge is 2.16. The van der Waals surface area contributed by atoms with Crippen LogP contribution in [0.2, 0.25) is 0 Å². The predicted molar refractivity (Wildman–Crippen MR) is 88.8 cm³/mol. The summed E-state index contributed by atoms with van der Waals surface area (Å²) in [6, 6.07) is 10.7. The maximum absolute atomic E-state index is 4.72. The van der Waals surface area contributed by atoms with E-state index in [0.29, 0.717) is 0 Å². The molecule has 2 heterocycles. The molecule has 21 heavy (non-hydrogen) atoms. The van der Waals surface area contributed by atoms with Crippen LogP contribution in [0, 0.1) is 13.8 Å². The van der Waals surface area contributed by atoms with E-state index in [1.54, 1.807) is 11.3 Å². The number of thiazole rings is 1. The number of rotatable bonds is 4. The van der Waals surface area contributed by atoms with Crippen molar-refractivity contribution < 1.29 is 0 Å². The molecule has 0 saturated carbocycles. The highest BCUT2D eigenvalue weighted by molar-refractivity contribution is 7.18. The first-order chi connectivity index (χ1) is 10.2. The third-order valence-electron chi connectivity index (χ3n) is 3.65. The number of nitrogens with zero attached hydrogens (tertiary/aromatic N) is 2. The summed E-state index contributed by atoms with van der Waals surface area (Å²) in [5, 5.41) is 4.53. The van der Waals surface area contributed by atoms with Crippen molar-refractivity contribution in [3.63, 3.8) is 0 Å². The summed E-state index contributed by atoms with van der Waals surface area (Å²) in [6.45, 7) is 4.20. The van der Waals surface area contributed by atoms with Gasteiger partial charge in [0.2, 0.25) is 0 Å². The molecule has 0 spiro atoms. The lowest BCUT2D eigenvalue weighted by Crippen LogP contribution is -2.21. The molecule has 0 radical (unpaired) electrons. The molecule has 0 fully saturated rings. The summed E-state index contributed by atoms with van der Waals surface area (Å²) in [5.41, 5.74) is 4.63. The number of para-hydroxylation sites is 1. The molecule has 0 aliphatic carbocycles. The van der Waals surface area contributed by atoms with Crippen LogP contribution in [-0.4, -0.2) is 17.0 Å². The van der Waals surface area contributed by atoms with Crippen LogP contribution >= 0.6 is 11.3 Å². The van der Waals surface area contributed by atoms with Crippen molar-refractivity contribution in [2.75, 3.05) is 7.05 Å². The van der Waals surface area contributed by atoms with Crippen molar-refractivity contribution in [1.82, 2.24) is 15.3 Å². The lowest BCUT2D eigenvalue weighted by molar-refractivity contribution is 0.571. The average Bonchev–Trinajstić information content (AvgIpc) is 2.87. The Labute approximate surface area is 129 Å². The molecular formula is C17H19N3S. The minimum atomic E-state index is 0.200. The summed E-state index contributed by atoms with van der Waals surface area (Å²) in [7, 11) is 1.99. The molecule has 1 aromatic carbocycles. The van der Waals surface area contributed by atoms with Gasteiger partial charge in [-0.3, -0.25) is 4.98 Å². The maximum atomic E-state index is 4.72. The van der Waals surface area contributed by atoms with Crippen LogP contribution < -0.4 is 5.32 Å². The zero-order valence-corrected chi connectivity index (χ0v) is 13.4. The highest BCUT2D eigenvalue weighted by atomic mass is 32.1. The Hall–Kier alpha value is -1.78. The third kappa shape index (κ3) is 2.96. The molecule has 0 amide bonds. The number of nitrogens with one attached hydrogen (secondary N) is 1. The van der Waals surface area contributed by atoms with Crippen LogP contribution in [0.5, 0.6) is 0 Å². The molecule has 0 saturated heterocycles. The molecule has 1 atom stereocenters. The smallest absolute Gasteiger partial charge is 0.0958 e. The van der Waals surface area contributed by atoms with Gasteiger partial charge in [-0.1, -0.05) is 18.2 Å². The summed E-state index contributed by atoms with van der Waals surface area (Å²) in [6.07, 6.45) is 2.80. The fourth-order valence-electron chi connectivity index (χ4n) is 2.61. The average molecular weight is 297 g/mol. The molecule has 108 valence electrons. The van der Waals surface area contributed by atoms with E-state index in [1.807, 2.05) is 19.3 Å². The van der Waals surface area contributed by atoms with E-state index in [9.17, 15) is 0 Å². The van der Waals surface area contributed by atoms with Crippen molar-refractivity contribution in [2.45, 2.75) is 26.3 Å². The largest absolute Gasteiger partial charge is 0.311 e. The molecule has 0 aliphatic rings. The van der Waals surface area contributed by atoms with Crippen LogP contribution in [0.1, 0.15) is 27.9 Å². The van der Waals surface area contributed by atoms with Crippen molar-refractivity contribution in [2.24, 2.45) is 0 Å². The molecule has 3 rings (SSSR count). The molecule has 3 aromatic rings. The maximum Gasteiger partial charge on any atom is 0.0958 e. The van der Waals surface area contributed by atoms with E-state index in [0.717, 1.165) is 22.6 Å². The van der Waals surface area contributed by atoms with Gasteiger partial charge in [0.15, 0.2) is 0 Å². The minimum Gasteiger partial charge on any atom is -0.311 e. The Morgan fingerprint density at radius 2 is 2.05 bits per heavy atom. The van der Waals surface area contributed by atoms with Crippen molar-refractivity contribution in [3.8, 4) is 0 Å². The number of pyridine rings is 1. The van der Waals surface area contributed by atoms with Gasteiger partial charge >= 0.3 is 0 Å². The number of hydrogen-bond acceptors (Lipinski definition) is 4. The standard InChI is InChI=1S/C17H19N3S/c1-11-8-12(2)17(19-10-11)14(18-3)9-16-20-13-6-4-5-7-15(13)21-16/h4-8,10,14,18H,9H2,1-3H3. The number of aryl methyl sites for hydroxylation is 2. The fraction of sp³-hybridized carbons (Fsp3) is 0.294. The highest BCUT2D eigenvalue weighted by Crippen LogP contribution is 2.26. The molecule has 0 bridgehead atoms. The van der Waals surface area contributed by atoms with Crippen molar-refractivity contribution in [1.29, 1.82) is 0 Å². The van der Waals surface area contributed by atoms with Crippen LogP contribution in [0.15, 0.2) is 36.5 Å². The molecule has 4 heteroatoms. The van der Waals surface area contributed by atoms with Gasteiger partial charge in [0, 0.05) is 12.6 Å². The van der Waals surface area contributed by atoms with Gasteiger partial charge in [0.05, 0.1) is 27.0 Å². The molecule has 2 aromatic heterocycles. The second kappa shape index (κ2) is 5.92. The van der Waals surface area contributed by atoms with Gasteiger partial charge in [-0.2, -0.15) is 0 Å². The first kappa shape index (κ1) is 14.2. The number of hydrogen-bond donors (Lipinski definition) is 1. The van der Waals surface area contributed by atoms with Gasteiger partial charge in [-0.25, -0.2) is 4.98 Å². The molecule has 1 N–H and O–H groups in total. The van der Waals surface area contributed by atoms with Gasteiger partial charge in [-0.15, -0.1) is 11.3 Å². The Morgan fingerprint density at radius 1 is 1.24 bits per heavy atom. The number of benzene rings is 1. The van der Waals surface area contributed by atoms with Crippen molar-refractivity contribution >= 4 is 21.6 Å². The number of likely N-dealkylation sites (N-methyl/N-ethyl adjacent to an activating group) is 1. The van der Waals surface area contributed by atoms with E-state index in [1.165, 1.54) is 15.8 Å². The lowest BCUT2D eigenvalue weighted by Gasteiger charge is -2.16. The van der Waals surface area contributed by atoms with E-state index >= 15 is 0 Å². The molecule has 3 nitrogen and oxygen atoms in total.